The molecule has 1 aromatic heterocycles. The quantitative estimate of drug-likeness (QED) is 0.566. The van der Waals surface area contributed by atoms with Crippen molar-refractivity contribution < 1.29 is 4.79 Å². The number of benzene rings is 3. The Morgan fingerprint density at radius 2 is 1.74 bits per heavy atom. The molecule has 0 fully saturated rings. The lowest BCUT2D eigenvalue weighted by Crippen LogP contribution is -2.23. The SMILES string of the molecule is CC(=O)NC(C)c1ccc2c(c1)ncn2-c1cccc(-c2ccccc2)c1. The minimum atomic E-state index is -0.0431. The second-order valence-electron chi connectivity index (χ2n) is 6.70. The number of amides is 1. The van der Waals surface area contributed by atoms with E-state index in [9.17, 15) is 4.79 Å². The number of hydrogen-bond donors (Lipinski definition) is 1. The summed E-state index contributed by atoms with van der Waals surface area (Å²) in [4.78, 5) is 15.9. The Balaban J connectivity index is 1.72. The molecule has 0 aliphatic carbocycles. The summed E-state index contributed by atoms with van der Waals surface area (Å²) in [5.74, 6) is -0.0362. The predicted octanol–water partition coefficient (Wildman–Crippen LogP) is 4.89. The number of carbonyl (C=O) groups is 1. The van der Waals surface area contributed by atoms with E-state index in [-0.39, 0.29) is 11.9 Å². The molecule has 4 aromatic rings. The van der Waals surface area contributed by atoms with Crippen LogP contribution in [0.15, 0.2) is 79.1 Å². The molecule has 0 aliphatic heterocycles. The standard InChI is InChI=1S/C23H21N3O/c1-16(25-17(2)27)19-11-12-23-22(14-19)24-15-26(23)21-10-6-9-20(13-21)18-7-4-3-5-8-18/h3-16H,1-2H3,(H,25,27). The molecule has 4 nitrogen and oxygen atoms in total. The molecule has 0 radical (unpaired) electrons. The van der Waals surface area contributed by atoms with Gasteiger partial charge in [-0.2, -0.15) is 0 Å². The highest BCUT2D eigenvalue weighted by Crippen LogP contribution is 2.26. The zero-order chi connectivity index (χ0) is 18.8. The monoisotopic (exact) mass is 355 g/mol. The molecule has 0 spiro atoms. The van der Waals surface area contributed by atoms with Crippen LogP contribution in [0.1, 0.15) is 25.5 Å². The zero-order valence-corrected chi connectivity index (χ0v) is 15.4. The van der Waals surface area contributed by atoms with E-state index in [2.05, 4.69) is 57.3 Å². The normalized spacial score (nSPS) is 12.1. The first-order chi connectivity index (χ1) is 13.1. The number of carbonyl (C=O) groups excluding carboxylic acids is 1. The maximum absolute atomic E-state index is 11.3. The van der Waals surface area contributed by atoms with Crippen LogP contribution >= 0.6 is 0 Å². The summed E-state index contributed by atoms with van der Waals surface area (Å²) in [6.45, 7) is 3.51. The number of imidazole rings is 1. The van der Waals surface area contributed by atoms with E-state index in [0.29, 0.717) is 0 Å². The van der Waals surface area contributed by atoms with Gasteiger partial charge in [-0.3, -0.25) is 9.36 Å². The van der Waals surface area contributed by atoms with Gasteiger partial charge >= 0.3 is 0 Å². The summed E-state index contributed by atoms with van der Waals surface area (Å²) in [6, 6.07) is 24.9. The number of aromatic nitrogens is 2. The van der Waals surface area contributed by atoms with E-state index in [1.165, 1.54) is 18.1 Å². The average molecular weight is 355 g/mol. The van der Waals surface area contributed by atoms with Gasteiger partial charge in [0.05, 0.1) is 17.1 Å². The second-order valence-corrected chi connectivity index (χ2v) is 6.70. The third-order valence-corrected chi connectivity index (χ3v) is 4.72. The molecule has 0 saturated carbocycles. The molecule has 134 valence electrons. The Morgan fingerprint density at radius 1 is 0.963 bits per heavy atom. The van der Waals surface area contributed by atoms with Crippen LogP contribution in [0.25, 0.3) is 27.8 Å². The van der Waals surface area contributed by atoms with Gasteiger partial charge in [-0.1, -0.05) is 48.5 Å². The Bertz CT molecular complexity index is 1100. The predicted molar refractivity (Wildman–Crippen MR) is 109 cm³/mol. The van der Waals surface area contributed by atoms with Crippen LogP contribution in [0, 0.1) is 0 Å². The summed E-state index contributed by atoms with van der Waals surface area (Å²) in [6.07, 6.45) is 1.85. The van der Waals surface area contributed by atoms with Crippen LogP contribution in [0.2, 0.25) is 0 Å². The van der Waals surface area contributed by atoms with Crippen molar-refractivity contribution >= 4 is 16.9 Å². The Morgan fingerprint density at radius 3 is 2.52 bits per heavy atom. The largest absolute Gasteiger partial charge is 0.350 e. The molecule has 1 unspecified atom stereocenters. The Labute approximate surface area is 158 Å². The van der Waals surface area contributed by atoms with Gasteiger partial charge in [0.1, 0.15) is 6.33 Å². The van der Waals surface area contributed by atoms with Gasteiger partial charge in [0, 0.05) is 12.6 Å². The van der Waals surface area contributed by atoms with Gasteiger partial charge in [-0.05, 0) is 47.9 Å². The first kappa shape index (κ1) is 17.0. The smallest absolute Gasteiger partial charge is 0.217 e. The molecule has 1 heterocycles. The first-order valence-corrected chi connectivity index (χ1v) is 9.02. The molecule has 27 heavy (non-hydrogen) atoms. The van der Waals surface area contributed by atoms with Crippen molar-refractivity contribution in [2.45, 2.75) is 19.9 Å². The highest BCUT2D eigenvalue weighted by molar-refractivity contribution is 5.79. The van der Waals surface area contributed by atoms with Crippen LogP contribution in [-0.4, -0.2) is 15.5 Å². The maximum Gasteiger partial charge on any atom is 0.217 e. The summed E-state index contributed by atoms with van der Waals surface area (Å²) in [5.41, 5.74) is 6.43. The van der Waals surface area contributed by atoms with Crippen LogP contribution in [0.5, 0.6) is 0 Å². The number of nitrogens with one attached hydrogen (secondary N) is 1. The molecule has 0 aliphatic rings. The lowest BCUT2D eigenvalue weighted by molar-refractivity contribution is -0.119. The van der Waals surface area contributed by atoms with Crippen molar-refractivity contribution in [3.05, 3.63) is 84.7 Å². The van der Waals surface area contributed by atoms with E-state index in [0.717, 1.165) is 22.3 Å². The minimum Gasteiger partial charge on any atom is -0.350 e. The van der Waals surface area contributed by atoms with Gasteiger partial charge < -0.3 is 5.32 Å². The molecule has 4 heteroatoms. The van der Waals surface area contributed by atoms with Crippen molar-refractivity contribution in [2.24, 2.45) is 0 Å². The lowest BCUT2D eigenvalue weighted by Gasteiger charge is -2.13. The van der Waals surface area contributed by atoms with Crippen LogP contribution in [0.4, 0.5) is 0 Å². The summed E-state index contributed by atoms with van der Waals surface area (Å²) >= 11 is 0. The fourth-order valence-electron chi connectivity index (χ4n) is 3.36. The van der Waals surface area contributed by atoms with Crippen molar-refractivity contribution in [2.75, 3.05) is 0 Å². The summed E-state index contributed by atoms with van der Waals surface area (Å²) in [5, 5.41) is 2.91. The number of hydrogen-bond acceptors (Lipinski definition) is 2. The lowest BCUT2D eigenvalue weighted by atomic mass is 10.1. The third-order valence-electron chi connectivity index (χ3n) is 4.72. The molecule has 4 rings (SSSR count). The van der Waals surface area contributed by atoms with Crippen molar-refractivity contribution in [1.82, 2.24) is 14.9 Å². The molecule has 0 saturated heterocycles. The highest BCUT2D eigenvalue weighted by atomic mass is 16.1. The molecule has 1 N–H and O–H groups in total. The Hall–Kier alpha value is -3.40. The van der Waals surface area contributed by atoms with Crippen LogP contribution in [-0.2, 0) is 4.79 Å². The topological polar surface area (TPSA) is 46.9 Å². The van der Waals surface area contributed by atoms with Gasteiger partial charge in [0.15, 0.2) is 0 Å². The molecular formula is C23H21N3O. The number of rotatable bonds is 4. The minimum absolute atomic E-state index is 0.0362. The second kappa shape index (κ2) is 7.08. The van der Waals surface area contributed by atoms with Crippen LogP contribution < -0.4 is 5.32 Å². The van der Waals surface area contributed by atoms with Gasteiger partial charge in [-0.15, -0.1) is 0 Å². The molecule has 0 bridgehead atoms. The van der Waals surface area contributed by atoms with E-state index >= 15 is 0 Å². The van der Waals surface area contributed by atoms with Crippen molar-refractivity contribution in [1.29, 1.82) is 0 Å². The van der Waals surface area contributed by atoms with E-state index < -0.39 is 0 Å². The first-order valence-electron chi connectivity index (χ1n) is 9.02. The molecular weight excluding hydrogens is 334 g/mol. The molecule has 3 aromatic carbocycles. The summed E-state index contributed by atoms with van der Waals surface area (Å²) < 4.78 is 2.09. The fraction of sp³-hybridized carbons (Fsp3) is 0.130. The van der Waals surface area contributed by atoms with E-state index in [1.54, 1.807) is 0 Å². The maximum atomic E-state index is 11.3. The summed E-state index contributed by atoms with van der Waals surface area (Å²) in [7, 11) is 0. The number of fused-ring (bicyclic) bond motifs is 1. The average Bonchev–Trinajstić information content (AvgIpc) is 3.11. The number of nitrogens with zero attached hydrogens (tertiary/aromatic N) is 2. The van der Waals surface area contributed by atoms with E-state index in [4.69, 9.17) is 0 Å². The zero-order valence-electron chi connectivity index (χ0n) is 15.4. The third kappa shape index (κ3) is 3.47. The highest BCUT2D eigenvalue weighted by Gasteiger charge is 2.11. The fourth-order valence-corrected chi connectivity index (χ4v) is 3.36. The van der Waals surface area contributed by atoms with Gasteiger partial charge in [-0.25, -0.2) is 4.98 Å². The Kier molecular flexibility index (Phi) is 4.47. The van der Waals surface area contributed by atoms with Crippen LogP contribution in [0.3, 0.4) is 0 Å². The van der Waals surface area contributed by atoms with Gasteiger partial charge in [0.2, 0.25) is 5.91 Å². The van der Waals surface area contributed by atoms with Crippen molar-refractivity contribution in [3.63, 3.8) is 0 Å². The van der Waals surface area contributed by atoms with E-state index in [1.807, 2.05) is 43.6 Å². The molecule has 1 atom stereocenters. The molecule has 1 amide bonds. The van der Waals surface area contributed by atoms with Crippen molar-refractivity contribution in [3.8, 4) is 16.8 Å². The van der Waals surface area contributed by atoms with Gasteiger partial charge in [0.25, 0.3) is 0 Å².